The SMILES string of the molecule is CN(CC1Cc2ccccc2O1)C(=O)c1ccc(Cn2cccn2)o1. The van der Waals surface area contributed by atoms with Crippen molar-refractivity contribution in [3.8, 4) is 5.75 Å². The van der Waals surface area contributed by atoms with Gasteiger partial charge in [-0.1, -0.05) is 18.2 Å². The van der Waals surface area contributed by atoms with Crippen LogP contribution in [0.3, 0.4) is 0 Å². The van der Waals surface area contributed by atoms with E-state index in [9.17, 15) is 4.79 Å². The second-order valence-electron chi connectivity index (χ2n) is 6.21. The molecule has 0 bridgehead atoms. The van der Waals surface area contributed by atoms with Crippen LogP contribution in [0.1, 0.15) is 21.9 Å². The van der Waals surface area contributed by atoms with Crippen molar-refractivity contribution in [3.05, 3.63) is 71.9 Å². The highest BCUT2D eigenvalue weighted by Gasteiger charge is 2.26. The summed E-state index contributed by atoms with van der Waals surface area (Å²) in [5, 5.41) is 4.13. The maximum absolute atomic E-state index is 12.6. The minimum Gasteiger partial charge on any atom is -0.488 e. The first-order chi connectivity index (χ1) is 12.2. The lowest BCUT2D eigenvalue weighted by atomic mass is 10.1. The molecule has 1 atom stereocenters. The number of para-hydroxylation sites is 1. The van der Waals surface area contributed by atoms with Gasteiger partial charge in [0.1, 0.15) is 17.6 Å². The molecule has 4 rings (SSSR count). The van der Waals surface area contributed by atoms with E-state index in [2.05, 4.69) is 11.2 Å². The number of carbonyl (C=O) groups excluding carboxylic acids is 1. The zero-order chi connectivity index (χ0) is 17.2. The predicted octanol–water partition coefficient (Wildman–Crippen LogP) is 2.60. The van der Waals surface area contributed by atoms with Crippen LogP contribution in [0.4, 0.5) is 0 Å². The molecular weight excluding hydrogens is 318 g/mol. The van der Waals surface area contributed by atoms with Crippen LogP contribution in [0, 0.1) is 0 Å². The number of fused-ring (bicyclic) bond motifs is 1. The Hall–Kier alpha value is -3.02. The number of carbonyl (C=O) groups is 1. The number of nitrogens with zero attached hydrogens (tertiary/aromatic N) is 3. The van der Waals surface area contributed by atoms with E-state index in [1.54, 1.807) is 28.9 Å². The number of hydrogen-bond acceptors (Lipinski definition) is 4. The Balaban J connectivity index is 1.37. The van der Waals surface area contributed by atoms with Crippen LogP contribution in [0.5, 0.6) is 5.75 Å². The van der Waals surface area contributed by atoms with Gasteiger partial charge in [0.15, 0.2) is 5.76 Å². The van der Waals surface area contributed by atoms with Crippen molar-refractivity contribution in [1.29, 1.82) is 0 Å². The van der Waals surface area contributed by atoms with Gasteiger partial charge < -0.3 is 14.1 Å². The maximum atomic E-state index is 12.6. The smallest absolute Gasteiger partial charge is 0.289 e. The maximum Gasteiger partial charge on any atom is 0.289 e. The zero-order valence-corrected chi connectivity index (χ0v) is 14.0. The molecule has 3 aromatic rings. The Morgan fingerprint density at radius 1 is 1.28 bits per heavy atom. The molecule has 6 nitrogen and oxygen atoms in total. The highest BCUT2D eigenvalue weighted by atomic mass is 16.5. The van der Waals surface area contributed by atoms with Gasteiger partial charge in [-0.2, -0.15) is 5.10 Å². The number of likely N-dealkylation sites (N-methyl/N-ethyl adjacent to an activating group) is 1. The standard InChI is InChI=1S/C19H19N3O3/c1-21(12-16-11-14-5-2-3-6-17(14)25-16)19(23)18-8-7-15(24-18)13-22-10-4-9-20-22/h2-10,16H,11-13H2,1H3. The number of aromatic nitrogens is 2. The van der Waals surface area contributed by atoms with Crippen molar-refractivity contribution in [3.63, 3.8) is 0 Å². The summed E-state index contributed by atoms with van der Waals surface area (Å²) in [7, 11) is 1.77. The molecule has 6 heteroatoms. The molecule has 0 N–H and O–H groups in total. The number of rotatable bonds is 5. The van der Waals surface area contributed by atoms with Gasteiger partial charge >= 0.3 is 0 Å². The first-order valence-electron chi connectivity index (χ1n) is 8.25. The molecule has 3 heterocycles. The summed E-state index contributed by atoms with van der Waals surface area (Å²) in [5.41, 5.74) is 1.19. The zero-order valence-electron chi connectivity index (χ0n) is 14.0. The molecule has 1 amide bonds. The molecular formula is C19H19N3O3. The van der Waals surface area contributed by atoms with E-state index in [1.165, 1.54) is 5.56 Å². The lowest BCUT2D eigenvalue weighted by Gasteiger charge is -2.20. The molecule has 1 unspecified atom stereocenters. The van der Waals surface area contributed by atoms with Crippen LogP contribution in [0.15, 0.2) is 59.3 Å². The Morgan fingerprint density at radius 2 is 2.16 bits per heavy atom. The van der Waals surface area contributed by atoms with Crippen LogP contribution in [-0.2, 0) is 13.0 Å². The fraction of sp³-hybridized carbons (Fsp3) is 0.263. The molecule has 25 heavy (non-hydrogen) atoms. The Labute approximate surface area is 145 Å². The summed E-state index contributed by atoms with van der Waals surface area (Å²) in [6, 6.07) is 13.4. The predicted molar refractivity (Wildman–Crippen MR) is 91.6 cm³/mol. The van der Waals surface area contributed by atoms with Crippen LogP contribution in [0.2, 0.25) is 0 Å². The summed E-state index contributed by atoms with van der Waals surface area (Å²) in [4.78, 5) is 14.2. The second-order valence-corrected chi connectivity index (χ2v) is 6.21. The van der Waals surface area contributed by atoms with Gasteiger partial charge in [-0.3, -0.25) is 9.48 Å². The molecule has 1 aromatic carbocycles. The van der Waals surface area contributed by atoms with Crippen molar-refractivity contribution in [2.24, 2.45) is 0 Å². The van der Waals surface area contributed by atoms with Crippen molar-refractivity contribution in [2.75, 3.05) is 13.6 Å². The Bertz CT molecular complexity index is 845. The average Bonchev–Trinajstić information content (AvgIpc) is 3.34. The van der Waals surface area contributed by atoms with Crippen LogP contribution < -0.4 is 4.74 Å². The first-order valence-corrected chi connectivity index (χ1v) is 8.25. The third kappa shape index (κ3) is 3.28. The van der Waals surface area contributed by atoms with Crippen molar-refractivity contribution in [2.45, 2.75) is 19.1 Å². The fourth-order valence-electron chi connectivity index (χ4n) is 3.06. The molecule has 1 aliphatic heterocycles. The molecule has 1 aliphatic rings. The van der Waals surface area contributed by atoms with Gasteiger partial charge in [0.05, 0.1) is 13.1 Å². The molecule has 0 radical (unpaired) electrons. The van der Waals surface area contributed by atoms with Gasteiger partial charge in [0.25, 0.3) is 5.91 Å². The highest BCUT2D eigenvalue weighted by molar-refractivity contribution is 5.91. The van der Waals surface area contributed by atoms with Gasteiger partial charge in [-0.05, 0) is 29.8 Å². The molecule has 0 fully saturated rings. The first kappa shape index (κ1) is 15.5. The topological polar surface area (TPSA) is 60.5 Å². The van der Waals surface area contributed by atoms with Gasteiger partial charge in [0.2, 0.25) is 0 Å². The van der Waals surface area contributed by atoms with Gasteiger partial charge in [-0.15, -0.1) is 0 Å². The van der Waals surface area contributed by atoms with E-state index in [4.69, 9.17) is 9.15 Å². The minimum absolute atomic E-state index is 0.0233. The largest absolute Gasteiger partial charge is 0.488 e. The van der Waals surface area contributed by atoms with E-state index >= 15 is 0 Å². The lowest BCUT2D eigenvalue weighted by molar-refractivity contribution is 0.0697. The van der Waals surface area contributed by atoms with Gasteiger partial charge in [-0.25, -0.2) is 0 Å². The molecule has 0 spiro atoms. The Kier molecular flexibility index (Phi) is 4.01. The van der Waals surface area contributed by atoms with E-state index in [0.717, 1.165) is 12.2 Å². The number of furan rings is 1. The van der Waals surface area contributed by atoms with E-state index in [0.29, 0.717) is 24.6 Å². The number of amides is 1. The van der Waals surface area contributed by atoms with Crippen LogP contribution >= 0.6 is 0 Å². The fourth-order valence-corrected chi connectivity index (χ4v) is 3.06. The highest BCUT2D eigenvalue weighted by Crippen LogP contribution is 2.28. The molecule has 128 valence electrons. The molecule has 0 aliphatic carbocycles. The number of ether oxygens (including phenoxy) is 1. The molecule has 0 saturated carbocycles. The normalized spacial score (nSPS) is 15.6. The average molecular weight is 337 g/mol. The summed E-state index contributed by atoms with van der Waals surface area (Å²) < 4.78 is 13.3. The lowest BCUT2D eigenvalue weighted by Crippen LogP contribution is -2.36. The van der Waals surface area contributed by atoms with Crippen LogP contribution in [-0.4, -0.2) is 40.3 Å². The van der Waals surface area contributed by atoms with Crippen molar-refractivity contribution >= 4 is 5.91 Å². The van der Waals surface area contributed by atoms with Crippen LogP contribution in [0.25, 0.3) is 0 Å². The molecule has 0 saturated heterocycles. The third-order valence-corrected chi connectivity index (χ3v) is 4.29. The summed E-state index contributed by atoms with van der Waals surface area (Å²) in [5.74, 6) is 1.80. The number of hydrogen-bond donors (Lipinski definition) is 0. The quantitative estimate of drug-likeness (QED) is 0.718. The Morgan fingerprint density at radius 3 is 2.96 bits per heavy atom. The summed E-state index contributed by atoms with van der Waals surface area (Å²) >= 11 is 0. The van der Waals surface area contributed by atoms with Crippen molar-refractivity contribution in [1.82, 2.24) is 14.7 Å². The van der Waals surface area contributed by atoms with E-state index in [1.807, 2.05) is 36.5 Å². The van der Waals surface area contributed by atoms with Crippen molar-refractivity contribution < 1.29 is 13.9 Å². The minimum atomic E-state index is -0.147. The van der Waals surface area contributed by atoms with E-state index < -0.39 is 0 Å². The summed E-state index contributed by atoms with van der Waals surface area (Å²) in [6.07, 6.45) is 4.36. The monoisotopic (exact) mass is 337 g/mol. The van der Waals surface area contributed by atoms with E-state index in [-0.39, 0.29) is 12.0 Å². The number of benzene rings is 1. The molecule has 2 aromatic heterocycles. The second kappa shape index (κ2) is 6.47. The summed E-state index contributed by atoms with van der Waals surface area (Å²) in [6.45, 7) is 1.02. The third-order valence-electron chi connectivity index (χ3n) is 4.29. The van der Waals surface area contributed by atoms with Gasteiger partial charge in [0, 0.05) is 25.9 Å².